The van der Waals surface area contributed by atoms with Crippen LogP contribution in [0.5, 0.6) is 5.75 Å². The van der Waals surface area contributed by atoms with Gasteiger partial charge in [-0.2, -0.15) is 0 Å². The van der Waals surface area contributed by atoms with Crippen molar-refractivity contribution in [2.75, 3.05) is 0 Å². The number of aryl methyl sites for hydroxylation is 1. The average Bonchev–Trinajstić information content (AvgIpc) is 2.99. The van der Waals surface area contributed by atoms with Crippen molar-refractivity contribution < 1.29 is 9.66 Å². The van der Waals surface area contributed by atoms with Gasteiger partial charge in [0.05, 0.1) is 10.3 Å². The molecule has 0 saturated heterocycles. The van der Waals surface area contributed by atoms with E-state index < -0.39 is 11.0 Å². The van der Waals surface area contributed by atoms with Crippen LogP contribution in [0.1, 0.15) is 42.6 Å². The van der Waals surface area contributed by atoms with Gasteiger partial charge in [-0.05, 0) is 49.8 Å². The smallest absolute Gasteiger partial charge is 0.269 e. The van der Waals surface area contributed by atoms with Crippen LogP contribution in [-0.4, -0.2) is 14.9 Å². The maximum Gasteiger partial charge on any atom is 0.269 e. The quantitative estimate of drug-likeness (QED) is 0.537. The monoisotopic (exact) mass is 385 g/mol. The van der Waals surface area contributed by atoms with E-state index in [-0.39, 0.29) is 11.2 Å². The Morgan fingerprint density at radius 2 is 2.11 bits per heavy atom. The lowest BCUT2D eigenvalue weighted by Crippen LogP contribution is -2.17. The van der Waals surface area contributed by atoms with E-state index in [2.05, 4.69) is 16.9 Å². The van der Waals surface area contributed by atoms with Gasteiger partial charge in [-0.25, -0.2) is 4.98 Å². The zero-order chi connectivity index (χ0) is 19.1. The molecule has 1 aliphatic rings. The number of nitro benzene ring substituents is 1. The molecule has 0 amide bonds. The Hall–Kier alpha value is -2.74. The number of hydrogen-bond acceptors (Lipinski definition) is 6. The van der Waals surface area contributed by atoms with Crippen molar-refractivity contribution in [3.8, 4) is 5.75 Å². The van der Waals surface area contributed by atoms with Gasteiger partial charge in [0.1, 0.15) is 10.6 Å². The number of hydrogen-bond donors (Lipinski definition) is 1. The predicted molar refractivity (Wildman–Crippen MR) is 104 cm³/mol. The summed E-state index contributed by atoms with van der Waals surface area (Å²) in [4.78, 5) is 32.5. The van der Waals surface area contributed by atoms with Gasteiger partial charge in [0.15, 0.2) is 11.9 Å². The standard InChI is InChI=1S/C19H19N3O4S/c1-10-3-8-14-15(9-10)27-19-16(14)18(23)20-17(21-19)11(2)26-13-6-4-12(5-7-13)22(24)25/h4-7,10-11H,3,8-9H2,1-2H3,(H,20,21,23)/t10-,11+/m0/s1. The maximum atomic E-state index is 12.7. The first-order chi connectivity index (χ1) is 12.9. The highest BCUT2D eigenvalue weighted by atomic mass is 32.1. The summed E-state index contributed by atoms with van der Waals surface area (Å²) < 4.78 is 5.81. The summed E-state index contributed by atoms with van der Waals surface area (Å²) in [6, 6.07) is 5.85. The number of nitro groups is 1. The number of aromatic amines is 1. The lowest BCUT2D eigenvalue weighted by Gasteiger charge is -2.17. The molecule has 0 bridgehead atoms. The summed E-state index contributed by atoms with van der Waals surface area (Å²) in [5.41, 5.74) is 1.03. The minimum atomic E-state index is -0.485. The molecule has 2 heterocycles. The fraction of sp³-hybridized carbons (Fsp3) is 0.368. The van der Waals surface area contributed by atoms with Crippen LogP contribution in [0.25, 0.3) is 10.2 Å². The summed E-state index contributed by atoms with van der Waals surface area (Å²) in [6.45, 7) is 4.03. The van der Waals surface area contributed by atoms with Gasteiger partial charge in [-0.15, -0.1) is 11.3 Å². The molecule has 0 radical (unpaired) electrons. The van der Waals surface area contributed by atoms with Crippen molar-refractivity contribution in [1.29, 1.82) is 0 Å². The van der Waals surface area contributed by atoms with Crippen LogP contribution >= 0.6 is 11.3 Å². The molecule has 27 heavy (non-hydrogen) atoms. The van der Waals surface area contributed by atoms with Crippen molar-refractivity contribution in [2.45, 2.75) is 39.2 Å². The summed E-state index contributed by atoms with van der Waals surface area (Å²) in [5, 5.41) is 11.5. The molecule has 1 N–H and O–H groups in total. The number of non-ortho nitro benzene ring substituents is 1. The molecule has 1 aliphatic carbocycles. The molecule has 0 saturated carbocycles. The third kappa shape index (κ3) is 3.32. The van der Waals surface area contributed by atoms with Crippen LogP contribution in [0.4, 0.5) is 5.69 Å². The van der Waals surface area contributed by atoms with Crippen LogP contribution in [0.2, 0.25) is 0 Å². The number of fused-ring (bicyclic) bond motifs is 3. The number of benzene rings is 1. The van der Waals surface area contributed by atoms with Gasteiger partial charge in [0, 0.05) is 17.0 Å². The maximum absolute atomic E-state index is 12.7. The van der Waals surface area contributed by atoms with Gasteiger partial charge in [0.2, 0.25) is 0 Å². The topological polar surface area (TPSA) is 98.1 Å². The van der Waals surface area contributed by atoms with Gasteiger partial charge < -0.3 is 9.72 Å². The van der Waals surface area contributed by atoms with Crippen molar-refractivity contribution in [3.05, 3.63) is 61.0 Å². The molecule has 0 aliphatic heterocycles. The number of nitrogens with zero attached hydrogens (tertiary/aromatic N) is 2. The third-order valence-electron chi connectivity index (χ3n) is 4.93. The Morgan fingerprint density at radius 1 is 1.37 bits per heavy atom. The Bertz CT molecular complexity index is 1070. The Labute approximate surface area is 159 Å². The van der Waals surface area contributed by atoms with Gasteiger partial charge in [-0.1, -0.05) is 6.92 Å². The Morgan fingerprint density at radius 3 is 2.81 bits per heavy atom. The number of thiophene rings is 1. The molecular formula is C19H19N3O4S. The number of ether oxygens (including phenoxy) is 1. The second-order valence-corrected chi connectivity index (χ2v) is 8.08. The zero-order valence-corrected chi connectivity index (χ0v) is 15.8. The normalized spacial score (nSPS) is 17.5. The average molecular weight is 385 g/mol. The Kier molecular flexibility index (Phi) is 4.43. The first-order valence-electron chi connectivity index (χ1n) is 8.88. The molecule has 4 rings (SSSR count). The third-order valence-corrected chi connectivity index (χ3v) is 6.08. The van der Waals surface area contributed by atoms with E-state index in [0.29, 0.717) is 22.9 Å². The van der Waals surface area contributed by atoms with Crippen LogP contribution in [0.15, 0.2) is 29.1 Å². The minimum Gasteiger partial charge on any atom is -0.483 e. The molecule has 1 aromatic carbocycles. The van der Waals surface area contributed by atoms with Gasteiger partial charge in [0.25, 0.3) is 11.2 Å². The molecule has 0 unspecified atom stereocenters. The SMILES string of the molecule is C[C@H]1CCc2c(sc3nc([C@@H](C)Oc4ccc([N+](=O)[O-])cc4)[nH]c(=O)c23)C1. The molecule has 2 aromatic heterocycles. The van der Waals surface area contributed by atoms with E-state index in [4.69, 9.17) is 4.74 Å². The first-order valence-corrected chi connectivity index (χ1v) is 9.69. The van der Waals surface area contributed by atoms with Crippen molar-refractivity contribution in [2.24, 2.45) is 5.92 Å². The molecule has 0 fully saturated rings. The van der Waals surface area contributed by atoms with Crippen LogP contribution in [-0.2, 0) is 12.8 Å². The van der Waals surface area contributed by atoms with Crippen LogP contribution in [0, 0.1) is 16.0 Å². The summed E-state index contributed by atoms with van der Waals surface area (Å²) >= 11 is 1.60. The summed E-state index contributed by atoms with van der Waals surface area (Å²) in [7, 11) is 0. The zero-order valence-electron chi connectivity index (χ0n) is 15.0. The Balaban J connectivity index is 1.63. The van der Waals surface area contributed by atoms with E-state index in [1.807, 2.05) is 0 Å². The van der Waals surface area contributed by atoms with E-state index in [0.717, 1.165) is 29.7 Å². The van der Waals surface area contributed by atoms with Gasteiger partial charge in [-0.3, -0.25) is 14.9 Å². The summed E-state index contributed by atoms with van der Waals surface area (Å²) in [6.07, 6.45) is 2.54. The number of aromatic nitrogens is 2. The number of H-pyrrole nitrogens is 1. The first kappa shape index (κ1) is 17.7. The highest BCUT2D eigenvalue weighted by molar-refractivity contribution is 7.18. The van der Waals surface area contributed by atoms with Crippen LogP contribution in [0.3, 0.4) is 0 Å². The molecule has 7 nitrogen and oxygen atoms in total. The van der Waals surface area contributed by atoms with Crippen molar-refractivity contribution >= 4 is 27.2 Å². The highest BCUT2D eigenvalue weighted by Gasteiger charge is 2.24. The second kappa shape index (κ2) is 6.77. The van der Waals surface area contributed by atoms with Crippen molar-refractivity contribution in [3.63, 3.8) is 0 Å². The minimum absolute atomic E-state index is 0.00125. The van der Waals surface area contributed by atoms with Crippen LogP contribution < -0.4 is 10.3 Å². The summed E-state index contributed by atoms with van der Waals surface area (Å²) in [5.74, 6) is 1.57. The molecule has 2 atom stereocenters. The van der Waals surface area contributed by atoms with E-state index in [1.54, 1.807) is 18.3 Å². The second-order valence-electron chi connectivity index (χ2n) is 6.99. The molecule has 140 valence electrons. The molecule has 8 heteroatoms. The van der Waals surface area contributed by atoms with E-state index >= 15 is 0 Å². The van der Waals surface area contributed by atoms with Crippen molar-refractivity contribution in [1.82, 2.24) is 9.97 Å². The lowest BCUT2D eigenvalue weighted by molar-refractivity contribution is -0.384. The largest absolute Gasteiger partial charge is 0.483 e. The molecular weight excluding hydrogens is 366 g/mol. The fourth-order valence-corrected chi connectivity index (χ4v) is 4.85. The lowest BCUT2D eigenvalue weighted by atomic mass is 9.89. The van der Waals surface area contributed by atoms with E-state index in [9.17, 15) is 14.9 Å². The number of nitrogens with one attached hydrogen (secondary N) is 1. The van der Waals surface area contributed by atoms with Gasteiger partial charge >= 0.3 is 0 Å². The number of rotatable bonds is 4. The fourth-order valence-electron chi connectivity index (χ4n) is 3.46. The predicted octanol–water partition coefficient (Wildman–Crippen LogP) is 4.16. The molecule has 0 spiro atoms. The van der Waals surface area contributed by atoms with E-state index in [1.165, 1.54) is 29.1 Å². The highest BCUT2D eigenvalue weighted by Crippen LogP contribution is 2.36. The molecule has 3 aromatic rings.